The van der Waals surface area contributed by atoms with Gasteiger partial charge < -0.3 is 14.3 Å². The first-order chi connectivity index (χ1) is 9.16. The van der Waals surface area contributed by atoms with Crippen LogP contribution < -0.4 is 0 Å². The number of rotatable bonds is 4. The van der Waals surface area contributed by atoms with E-state index in [1.165, 1.54) is 5.56 Å². The van der Waals surface area contributed by atoms with Crippen LogP contribution in [0.25, 0.3) is 0 Å². The van der Waals surface area contributed by atoms with Crippen molar-refractivity contribution in [2.24, 2.45) is 0 Å². The molecule has 2 unspecified atom stereocenters. The summed E-state index contributed by atoms with van der Waals surface area (Å²) in [6.07, 6.45) is 9.19. The van der Waals surface area contributed by atoms with Gasteiger partial charge in [-0.15, -0.1) is 0 Å². The molecule has 0 bridgehead atoms. The summed E-state index contributed by atoms with van der Waals surface area (Å²) >= 11 is 0. The number of allylic oxidation sites excluding steroid dienone is 3. The van der Waals surface area contributed by atoms with E-state index in [-0.39, 0.29) is 5.92 Å². The van der Waals surface area contributed by atoms with Crippen LogP contribution in [0.1, 0.15) is 18.4 Å². The van der Waals surface area contributed by atoms with E-state index in [1.807, 2.05) is 42.5 Å². The van der Waals surface area contributed by atoms with Crippen LogP contribution >= 0.6 is 8.60 Å². The zero-order valence-electron chi connectivity index (χ0n) is 10.7. The molecule has 4 heteroatoms. The van der Waals surface area contributed by atoms with Crippen LogP contribution in [0.4, 0.5) is 0 Å². The highest BCUT2D eigenvalue weighted by atomic mass is 31.2. The van der Waals surface area contributed by atoms with Crippen LogP contribution in [-0.2, 0) is 4.52 Å². The predicted octanol–water partition coefficient (Wildman–Crippen LogP) is 3.44. The Balaban J connectivity index is 2.16. The van der Waals surface area contributed by atoms with Crippen LogP contribution in [0.2, 0.25) is 0 Å². The van der Waals surface area contributed by atoms with Crippen molar-refractivity contribution in [3.05, 3.63) is 71.8 Å². The first kappa shape index (κ1) is 14.2. The lowest BCUT2D eigenvalue weighted by atomic mass is 9.95. The van der Waals surface area contributed by atoms with Gasteiger partial charge in [-0.2, -0.15) is 0 Å². The smallest absolute Gasteiger partial charge is 0.327 e. The highest BCUT2D eigenvalue weighted by Crippen LogP contribution is 2.32. The Labute approximate surface area is 114 Å². The largest absolute Gasteiger partial charge is 0.328 e. The van der Waals surface area contributed by atoms with Crippen LogP contribution in [0.5, 0.6) is 0 Å². The van der Waals surface area contributed by atoms with Gasteiger partial charge >= 0.3 is 8.60 Å². The average Bonchev–Trinajstić information content (AvgIpc) is 2.41. The van der Waals surface area contributed by atoms with E-state index in [9.17, 15) is 0 Å². The summed E-state index contributed by atoms with van der Waals surface area (Å²) in [5.41, 5.74) is 2.15. The third-order valence-corrected chi connectivity index (χ3v) is 3.41. The molecule has 0 radical (unpaired) electrons. The van der Waals surface area contributed by atoms with E-state index in [0.29, 0.717) is 0 Å². The van der Waals surface area contributed by atoms with Crippen LogP contribution in [-0.4, -0.2) is 15.9 Å². The van der Waals surface area contributed by atoms with Crippen LogP contribution in [0.15, 0.2) is 66.3 Å². The molecule has 1 aromatic rings. The van der Waals surface area contributed by atoms with Crippen molar-refractivity contribution in [1.82, 2.24) is 0 Å². The molecule has 1 aromatic carbocycles. The van der Waals surface area contributed by atoms with Gasteiger partial charge in [-0.25, -0.2) is 0 Å². The van der Waals surface area contributed by atoms with Gasteiger partial charge in [-0.1, -0.05) is 67.6 Å². The van der Waals surface area contributed by atoms with Gasteiger partial charge in [-0.05, 0) is 17.1 Å². The van der Waals surface area contributed by atoms with E-state index in [4.69, 9.17) is 14.3 Å². The normalized spacial score (nSPS) is 22.1. The van der Waals surface area contributed by atoms with Crippen molar-refractivity contribution in [2.45, 2.75) is 18.9 Å². The third-order valence-electron chi connectivity index (χ3n) is 2.99. The van der Waals surface area contributed by atoms with Gasteiger partial charge in [-0.3, -0.25) is 0 Å². The molecular formula is C15H17O3P. The molecule has 0 saturated heterocycles. The lowest BCUT2D eigenvalue weighted by Gasteiger charge is -2.19. The van der Waals surface area contributed by atoms with Gasteiger partial charge in [0.15, 0.2) is 0 Å². The summed E-state index contributed by atoms with van der Waals surface area (Å²) in [5, 5.41) is 0. The van der Waals surface area contributed by atoms with Crippen LogP contribution in [0.3, 0.4) is 0 Å². The van der Waals surface area contributed by atoms with Gasteiger partial charge in [0.2, 0.25) is 0 Å². The maximum Gasteiger partial charge on any atom is 0.327 e. The van der Waals surface area contributed by atoms with Crippen molar-refractivity contribution >= 4 is 8.60 Å². The summed E-state index contributed by atoms with van der Waals surface area (Å²) in [6.45, 7) is 2.10. The van der Waals surface area contributed by atoms with Gasteiger partial charge in [0.25, 0.3) is 0 Å². The lowest BCUT2D eigenvalue weighted by Crippen LogP contribution is -2.12. The van der Waals surface area contributed by atoms with Crippen molar-refractivity contribution in [3.8, 4) is 0 Å². The van der Waals surface area contributed by atoms with Gasteiger partial charge in [0, 0.05) is 0 Å². The molecule has 1 aliphatic carbocycles. The monoisotopic (exact) mass is 276 g/mol. The van der Waals surface area contributed by atoms with Crippen molar-refractivity contribution in [3.63, 3.8) is 0 Å². The number of hydrogen-bond acceptors (Lipinski definition) is 3. The molecule has 0 aliphatic heterocycles. The standard InChI is InChI=1S/C15H17O3P/c1-12(13-7-3-2-4-8-13)11-14-9-5-6-10-15(14)18-19(16)17/h2-12,15-17H,1H3. The molecule has 0 heterocycles. The Morgan fingerprint density at radius 2 is 1.95 bits per heavy atom. The minimum atomic E-state index is -2.36. The Hall–Kier alpha value is -1.25. The molecular weight excluding hydrogens is 259 g/mol. The summed E-state index contributed by atoms with van der Waals surface area (Å²) in [4.78, 5) is 18.0. The number of benzene rings is 1. The second-order valence-electron chi connectivity index (χ2n) is 4.39. The quantitative estimate of drug-likeness (QED) is 0.828. The van der Waals surface area contributed by atoms with E-state index in [1.54, 1.807) is 0 Å². The average molecular weight is 276 g/mol. The lowest BCUT2D eigenvalue weighted by molar-refractivity contribution is 0.233. The SMILES string of the molecule is CC(C=C1C=CC=CC1OP(O)O)c1ccccc1. The van der Waals surface area contributed by atoms with E-state index >= 15 is 0 Å². The van der Waals surface area contributed by atoms with E-state index in [0.717, 1.165) is 5.57 Å². The molecule has 1 aliphatic rings. The molecule has 0 spiro atoms. The van der Waals surface area contributed by atoms with Crippen molar-refractivity contribution in [2.75, 3.05) is 0 Å². The van der Waals surface area contributed by atoms with E-state index in [2.05, 4.69) is 25.1 Å². The molecule has 0 amide bonds. The molecule has 0 saturated carbocycles. The second kappa shape index (κ2) is 6.78. The maximum absolute atomic E-state index is 8.99. The first-order valence-electron chi connectivity index (χ1n) is 6.13. The fraction of sp³-hybridized carbons (Fsp3) is 0.200. The summed E-state index contributed by atoms with van der Waals surface area (Å²) in [6, 6.07) is 10.2. The zero-order chi connectivity index (χ0) is 13.7. The minimum Gasteiger partial charge on any atom is -0.328 e. The maximum atomic E-state index is 8.99. The molecule has 0 fully saturated rings. The molecule has 2 atom stereocenters. The fourth-order valence-corrected chi connectivity index (χ4v) is 2.42. The molecule has 3 nitrogen and oxygen atoms in total. The molecule has 100 valence electrons. The minimum absolute atomic E-state index is 0.238. The molecule has 2 rings (SSSR count). The molecule has 2 N–H and O–H groups in total. The summed E-state index contributed by atoms with van der Waals surface area (Å²) in [5.74, 6) is 0.238. The topological polar surface area (TPSA) is 49.7 Å². The van der Waals surface area contributed by atoms with Crippen molar-refractivity contribution in [1.29, 1.82) is 0 Å². The Bertz CT molecular complexity index is 491. The van der Waals surface area contributed by atoms with Crippen LogP contribution in [0, 0.1) is 0 Å². The third kappa shape index (κ3) is 4.12. The fourth-order valence-electron chi connectivity index (χ4n) is 2.03. The Morgan fingerprint density at radius 3 is 2.63 bits per heavy atom. The zero-order valence-corrected chi connectivity index (χ0v) is 11.6. The summed E-state index contributed by atoms with van der Waals surface area (Å²) < 4.78 is 5.11. The highest BCUT2D eigenvalue weighted by Gasteiger charge is 2.17. The Morgan fingerprint density at radius 1 is 1.21 bits per heavy atom. The van der Waals surface area contributed by atoms with Crippen molar-refractivity contribution < 1.29 is 14.3 Å². The Kier molecular flexibility index (Phi) is 5.06. The van der Waals surface area contributed by atoms with Gasteiger partial charge in [0.05, 0.1) is 0 Å². The highest BCUT2D eigenvalue weighted by molar-refractivity contribution is 7.39. The number of hydrogen-bond donors (Lipinski definition) is 2. The summed E-state index contributed by atoms with van der Waals surface area (Å²) in [7, 11) is -2.36. The molecule has 19 heavy (non-hydrogen) atoms. The predicted molar refractivity (Wildman–Crippen MR) is 77.5 cm³/mol. The first-order valence-corrected chi connectivity index (χ1v) is 7.29. The van der Waals surface area contributed by atoms with Gasteiger partial charge in [0.1, 0.15) is 6.10 Å². The molecule has 0 aromatic heterocycles. The second-order valence-corrected chi connectivity index (χ2v) is 5.11. The van der Waals surface area contributed by atoms with E-state index < -0.39 is 14.7 Å².